The maximum Gasteiger partial charge on any atom is 0.244 e. The highest BCUT2D eigenvalue weighted by atomic mass is 16.2. The smallest absolute Gasteiger partial charge is 0.244 e. The Morgan fingerprint density at radius 2 is 2.00 bits per heavy atom. The van der Waals surface area contributed by atoms with Crippen molar-refractivity contribution < 1.29 is 4.79 Å². The number of anilines is 1. The second kappa shape index (κ2) is 8.67. The number of benzene rings is 1. The normalized spacial score (nSPS) is 11.2. The Balaban J connectivity index is 1.79. The molecule has 0 bridgehead atoms. The van der Waals surface area contributed by atoms with Gasteiger partial charge in [-0.25, -0.2) is 4.99 Å². The Labute approximate surface area is 142 Å². The highest BCUT2D eigenvalue weighted by Gasteiger charge is 2.08. The summed E-state index contributed by atoms with van der Waals surface area (Å²) in [6, 6.07) is 13.5. The van der Waals surface area contributed by atoms with Crippen molar-refractivity contribution in [1.29, 1.82) is 0 Å². The maximum atomic E-state index is 12.1. The molecule has 0 spiro atoms. The van der Waals surface area contributed by atoms with Gasteiger partial charge in [-0.2, -0.15) is 0 Å². The molecule has 0 aliphatic carbocycles. The monoisotopic (exact) mass is 325 g/mol. The van der Waals surface area contributed by atoms with Crippen molar-refractivity contribution in [2.24, 2.45) is 10.7 Å². The molecule has 0 unspecified atom stereocenters. The Hall–Kier alpha value is -2.89. The van der Waals surface area contributed by atoms with Gasteiger partial charge in [0.15, 0.2) is 5.96 Å². The minimum absolute atomic E-state index is 0.0173. The first kappa shape index (κ1) is 17.5. The van der Waals surface area contributed by atoms with Crippen LogP contribution < -0.4 is 11.1 Å². The number of rotatable bonds is 6. The lowest BCUT2D eigenvalue weighted by Gasteiger charge is -2.16. The van der Waals surface area contributed by atoms with Gasteiger partial charge in [0.25, 0.3) is 0 Å². The van der Waals surface area contributed by atoms with E-state index in [0.29, 0.717) is 13.0 Å². The number of amides is 1. The average molecular weight is 325 g/mol. The first-order valence-corrected chi connectivity index (χ1v) is 7.82. The maximum absolute atomic E-state index is 12.1. The van der Waals surface area contributed by atoms with Gasteiger partial charge in [0.1, 0.15) is 6.54 Å². The summed E-state index contributed by atoms with van der Waals surface area (Å²) in [7, 11) is 1.75. The lowest BCUT2D eigenvalue weighted by Crippen LogP contribution is -2.32. The van der Waals surface area contributed by atoms with E-state index in [1.165, 1.54) is 5.56 Å². The molecule has 2 rings (SSSR count). The molecule has 24 heavy (non-hydrogen) atoms. The van der Waals surface area contributed by atoms with Crippen LogP contribution in [0.15, 0.2) is 53.7 Å². The molecule has 126 valence electrons. The highest BCUT2D eigenvalue weighted by Crippen LogP contribution is 2.07. The number of guanidine groups is 1. The predicted octanol–water partition coefficient (Wildman–Crippen LogP) is 1.82. The van der Waals surface area contributed by atoms with Gasteiger partial charge in [-0.05, 0) is 31.2 Å². The number of pyridine rings is 1. The molecular formula is C18H23N5O. The summed E-state index contributed by atoms with van der Waals surface area (Å²) in [5.41, 5.74) is 8.79. The number of nitrogens with zero attached hydrogens (tertiary/aromatic N) is 3. The number of hydrogen-bond acceptors (Lipinski definition) is 3. The van der Waals surface area contributed by atoms with Gasteiger partial charge in [-0.1, -0.05) is 23.8 Å². The minimum atomic E-state index is -0.0837. The third-order valence-corrected chi connectivity index (χ3v) is 3.56. The number of aromatic nitrogens is 1. The molecule has 6 heteroatoms. The van der Waals surface area contributed by atoms with E-state index >= 15 is 0 Å². The summed E-state index contributed by atoms with van der Waals surface area (Å²) < 4.78 is 0. The Morgan fingerprint density at radius 3 is 2.67 bits per heavy atom. The summed E-state index contributed by atoms with van der Waals surface area (Å²) >= 11 is 0. The van der Waals surface area contributed by atoms with Crippen LogP contribution in [0.25, 0.3) is 0 Å². The molecule has 0 saturated carbocycles. The fraction of sp³-hybridized carbons (Fsp3) is 0.278. The summed E-state index contributed by atoms with van der Waals surface area (Å²) in [5, 5.41) is 2.97. The van der Waals surface area contributed by atoms with E-state index in [1.54, 1.807) is 18.1 Å². The number of likely N-dealkylation sites (N-methyl/N-ethyl adjacent to an activating group) is 1. The third-order valence-electron chi connectivity index (χ3n) is 3.56. The average Bonchev–Trinajstić information content (AvgIpc) is 2.60. The molecular weight excluding hydrogens is 302 g/mol. The van der Waals surface area contributed by atoms with Crippen molar-refractivity contribution in [2.75, 3.05) is 25.5 Å². The fourth-order valence-corrected chi connectivity index (χ4v) is 2.05. The molecule has 0 aliphatic heterocycles. The second-order valence-corrected chi connectivity index (χ2v) is 5.58. The van der Waals surface area contributed by atoms with Crippen LogP contribution in [0.5, 0.6) is 0 Å². The highest BCUT2D eigenvalue weighted by molar-refractivity contribution is 5.93. The molecule has 1 amide bonds. The lowest BCUT2D eigenvalue weighted by atomic mass is 10.2. The number of hydrogen-bond donors (Lipinski definition) is 2. The van der Waals surface area contributed by atoms with Gasteiger partial charge < -0.3 is 16.0 Å². The van der Waals surface area contributed by atoms with Crippen molar-refractivity contribution in [1.82, 2.24) is 9.88 Å². The van der Waals surface area contributed by atoms with E-state index in [-0.39, 0.29) is 18.4 Å². The molecule has 0 aliphatic rings. The van der Waals surface area contributed by atoms with Crippen LogP contribution in [-0.2, 0) is 11.2 Å². The standard InChI is InChI=1S/C18H23N5O/c1-14-6-8-16(9-7-14)22-18(19)21-13-17(24)23(2)12-10-15-5-3-4-11-20-15/h3-9,11H,10,12-13H2,1-2H3,(H3,19,21,22). The zero-order valence-electron chi connectivity index (χ0n) is 14.1. The summed E-state index contributed by atoms with van der Waals surface area (Å²) in [6.07, 6.45) is 2.46. The zero-order chi connectivity index (χ0) is 17.4. The molecule has 2 aromatic rings. The van der Waals surface area contributed by atoms with E-state index in [9.17, 15) is 4.79 Å². The number of aryl methyl sites for hydroxylation is 1. The van der Waals surface area contributed by atoms with Crippen molar-refractivity contribution in [3.05, 3.63) is 59.9 Å². The number of carbonyl (C=O) groups is 1. The molecule has 1 aromatic carbocycles. The number of carbonyl (C=O) groups excluding carboxylic acids is 1. The topological polar surface area (TPSA) is 83.6 Å². The van der Waals surface area contributed by atoms with Crippen LogP contribution in [0, 0.1) is 6.92 Å². The van der Waals surface area contributed by atoms with E-state index in [1.807, 2.05) is 49.4 Å². The summed E-state index contributed by atoms with van der Waals surface area (Å²) in [4.78, 5) is 22.1. The fourth-order valence-electron chi connectivity index (χ4n) is 2.05. The van der Waals surface area contributed by atoms with Crippen LogP contribution in [-0.4, -0.2) is 41.9 Å². The molecule has 0 saturated heterocycles. The van der Waals surface area contributed by atoms with E-state index < -0.39 is 0 Å². The molecule has 0 radical (unpaired) electrons. The van der Waals surface area contributed by atoms with Gasteiger partial charge in [0, 0.05) is 37.6 Å². The molecule has 3 N–H and O–H groups in total. The van der Waals surface area contributed by atoms with Gasteiger partial charge in [0.2, 0.25) is 5.91 Å². The molecule has 6 nitrogen and oxygen atoms in total. The van der Waals surface area contributed by atoms with Crippen LogP contribution in [0.2, 0.25) is 0 Å². The largest absolute Gasteiger partial charge is 0.370 e. The van der Waals surface area contributed by atoms with Crippen LogP contribution in [0.3, 0.4) is 0 Å². The molecule has 1 aromatic heterocycles. The quantitative estimate of drug-likeness (QED) is 0.627. The van der Waals surface area contributed by atoms with Gasteiger partial charge >= 0.3 is 0 Å². The van der Waals surface area contributed by atoms with Gasteiger partial charge in [-0.15, -0.1) is 0 Å². The molecule has 0 fully saturated rings. The van der Waals surface area contributed by atoms with Crippen LogP contribution in [0.1, 0.15) is 11.3 Å². The van der Waals surface area contributed by atoms with Crippen LogP contribution >= 0.6 is 0 Å². The first-order chi connectivity index (χ1) is 11.5. The Bertz CT molecular complexity index is 682. The predicted molar refractivity (Wildman–Crippen MR) is 96.9 cm³/mol. The van der Waals surface area contributed by atoms with Crippen molar-refractivity contribution in [3.63, 3.8) is 0 Å². The van der Waals surface area contributed by atoms with E-state index in [2.05, 4.69) is 15.3 Å². The van der Waals surface area contributed by atoms with Gasteiger partial charge in [-0.3, -0.25) is 9.78 Å². The SMILES string of the molecule is Cc1ccc(NC(N)=NCC(=O)N(C)CCc2ccccn2)cc1. The van der Waals surface area contributed by atoms with Crippen molar-refractivity contribution >= 4 is 17.6 Å². The lowest BCUT2D eigenvalue weighted by molar-refractivity contribution is -0.128. The zero-order valence-corrected chi connectivity index (χ0v) is 14.1. The number of nitrogens with one attached hydrogen (secondary N) is 1. The third kappa shape index (κ3) is 5.72. The van der Waals surface area contributed by atoms with Crippen LogP contribution in [0.4, 0.5) is 5.69 Å². The summed E-state index contributed by atoms with van der Waals surface area (Å²) in [5.74, 6) is 0.143. The van der Waals surface area contributed by atoms with Crippen molar-refractivity contribution in [3.8, 4) is 0 Å². The number of aliphatic imine (C=N–C) groups is 1. The van der Waals surface area contributed by atoms with Gasteiger partial charge in [0.05, 0.1) is 0 Å². The van der Waals surface area contributed by atoms with Crippen molar-refractivity contribution in [2.45, 2.75) is 13.3 Å². The van der Waals surface area contributed by atoms with E-state index in [0.717, 1.165) is 11.4 Å². The van der Waals surface area contributed by atoms with E-state index in [4.69, 9.17) is 5.73 Å². The Kier molecular flexibility index (Phi) is 6.31. The first-order valence-electron chi connectivity index (χ1n) is 7.82. The second-order valence-electron chi connectivity index (χ2n) is 5.58. The molecule has 1 heterocycles. The Morgan fingerprint density at radius 1 is 1.25 bits per heavy atom. The number of nitrogens with two attached hydrogens (primary N) is 1. The minimum Gasteiger partial charge on any atom is -0.370 e. The molecule has 0 atom stereocenters. The summed E-state index contributed by atoms with van der Waals surface area (Å²) in [6.45, 7) is 2.63.